The van der Waals surface area contributed by atoms with E-state index in [2.05, 4.69) is 0 Å². The highest BCUT2D eigenvalue weighted by molar-refractivity contribution is 7.89. The third-order valence-corrected chi connectivity index (χ3v) is 6.90. The molecule has 0 amide bonds. The van der Waals surface area contributed by atoms with Crippen LogP contribution in [-0.2, 0) is 16.6 Å². The van der Waals surface area contributed by atoms with Crippen LogP contribution in [0.25, 0.3) is 0 Å². The van der Waals surface area contributed by atoms with Gasteiger partial charge < -0.3 is 0 Å². The first kappa shape index (κ1) is 19.9. The van der Waals surface area contributed by atoms with E-state index < -0.39 is 10.0 Å². The van der Waals surface area contributed by atoms with Crippen molar-refractivity contribution in [2.45, 2.75) is 18.4 Å². The van der Waals surface area contributed by atoms with Gasteiger partial charge in [0.15, 0.2) is 5.78 Å². The van der Waals surface area contributed by atoms with Gasteiger partial charge in [0.1, 0.15) is 5.82 Å². The number of carbonyl (C=O) groups is 1. The van der Waals surface area contributed by atoms with E-state index in [0.29, 0.717) is 48.9 Å². The molecule has 27 heavy (non-hydrogen) atoms. The van der Waals surface area contributed by atoms with Gasteiger partial charge >= 0.3 is 0 Å². The van der Waals surface area contributed by atoms with Crippen molar-refractivity contribution in [2.75, 3.05) is 26.2 Å². The van der Waals surface area contributed by atoms with Crippen LogP contribution < -0.4 is 0 Å². The quantitative estimate of drug-likeness (QED) is 0.710. The van der Waals surface area contributed by atoms with Crippen molar-refractivity contribution in [3.63, 3.8) is 0 Å². The van der Waals surface area contributed by atoms with Gasteiger partial charge in [0.25, 0.3) is 0 Å². The molecule has 8 heteroatoms. The predicted octanol–water partition coefficient (Wildman–Crippen LogP) is 3.19. The SMILES string of the molecule is CC(=O)c1cccc(S(=O)(=O)N2CCN(Cc3c(F)cccc3Cl)CC2)c1. The van der Waals surface area contributed by atoms with E-state index in [0.717, 1.165) is 0 Å². The van der Waals surface area contributed by atoms with Gasteiger partial charge in [-0.15, -0.1) is 0 Å². The fourth-order valence-electron chi connectivity index (χ4n) is 3.06. The average Bonchev–Trinajstić information content (AvgIpc) is 2.65. The molecule has 1 heterocycles. The lowest BCUT2D eigenvalue weighted by molar-refractivity contribution is 0.101. The highest BCUT2D eigenvalue weighted by Gasteiger charge is 2.29. The second-order valence-corrected chi connectivity index (χ2v) is 8.81. The van der Waals surface area contributed by atoms with E-state index in [1.165, 1.54) is 29.4 Å². The fourth-order valence-corrected chi connectivity index (χ4v) is 4.75. The zero-order valence-corrected chi connectivity index (χ0v) is 16.4. The summed E-state index contributed by atoms with van der Waals surface area (Å²) >= 11 is 6.07. The molecule has 5 nitrogen and oxygen atoms in total. The van der Waals surface area contributed by atoms with Crippen LogP contribution in [0.15, 0.2) is 47.4 Å². The second-order valence-electron chi connectivity index (χ2n) is 6.46. The standard InChI is InChI=1S/C19H20ClFN2O3S/c1-14(24)15-4-2-5-16(12-15)27(25,26)23-10-8-22(9-11-23)13-17-18(20)6-3-7-19(17)21/h2-7,12H,8-11,13H2,1H3. The summed E-state index contributed by atoms with van der Waals surface area (Å²) in [5.41, 5.74) is 0.786. The highest BCUT2D eigenvalue weighted by atomic mass is 35.5. The minimum atomic E-state index is -3.68. The summed E-state index contributed by atoms with van der Waals surface area (Å²) in [6.45, 7) is 3.25. The number of Topliss-reactive ketones (excluding diaryl/α,β-unsaturated/α-hetero) is 1. The van der Waals surface area contributed by atoms with Crippen molar-refractivity contribution >= 4 is 27.4 Å². The number of nitrogens with zero attached hydrogens (tertiary/aromatic N) is 2. The van der Waals surface area contributed by atoms with Crippen molar-refractivity contribution < 1.29 is 17.6 Å². The first-order chi connectivity index (χ1) is 12.8. The highest BCUT2D eigenvalue weighted by Crippen LogP contribution is 2.23. The summed E-state index contributed by atoms with van der Waals surface area (Å²) in [5, 5.41) is 0.367. The van der Waals surface area contributed by atoms with E-state index in [-0.39, 0.29) is 16.5 Å². The van der Waals surface area contributed by atoms with Crippen molar-refractivity contribution in [2.24, 2.45) is 0 Å². The van der Waals surface area contributed by atoms with Crippen LogP contribution in [0.5, 0.6) is 0 Å². The monoisotopic (exact) mass is 410 g/mol. The van der Waals surface area contributed by atoms with Crippen LogP contribution in [0.4, 0.5) is 4.39 Å². The number of halogens is 2. The summed E-state index contributed by atoms with van der Waals surface area (Å²) in [7, 11) is -3.68. The summed E-state index contributed by atoms with van der Waals surface area (Å²) in [4.78, 5) is 13.6. The lowest BCUT2D eigenvalue weighted by atomic mass is 10.2. The van der Waals surface area contributed by atoms with E-state index in [9.17, 15) is 17.6 Å². The summed E-state index contributed by atoms with van der Waals surface area (Å²) < 4.78 is 41.0. The molecular weight excluding hydrogens is 391 g/mol. The Labute approximate surface area is 163 Å². The first-order valence-electron chi connectivity index (χ1n) is 8.55. The number of rotatable bonds is 5. The van der Waals surface area contributed by atoms with Gasteiger partial charge in [-0.1, -0.05) is 29.8 Å². The topological polar surface area (TPSA) is 57.7 Å². The number of carbonyl (C=O) groups excluding carboxylic acids is 1. The molecule has 1 fully saturated rings. The minimum Gasteiger partial charge on any atom is -0.296 e. The summed E-state index contributed by atoms with van der Waals surface area (Å²) in [5.74, 6) is -0.544. The maximum atomic E-state index is 14.0. The maximum absolute atomic E-state index is 14.0. The number of benzene rings is 2. The fraction of sp³-hybridized carbons (Fsp3) is 0.316. The zero-order chi connectivity index (χ0) is 19.6. The molecular formula is C19H20ClFN2O3S. The Bertz CT molecular complexity index is 937. The van der Waals surface area contributed by atoms with Gasteiger partial charge in [-0.2, -0.15) is 4.31 Å². The Morgan fingerprint density at radius 1 is 1.11 bits per heavy atom. The molecule has 3 rings (SSSR count). The number of sulfonamides is 1. The molecule has 2 aromatic rings. The number of hydrogen-bond donors (Lipinski definition) is 0. The molecule has 1 saturated heterocycles. The average molecular weight is 411 g/mol. The van der Waals surface area contributed by atoms with Crippen LogP contribution in [-0.4, -0.2) is 49.6 Å². The molecule has 0 N–H and O–H groups in total. The molecule has 144 valence electrons. The van der Waals surface area contributed by atoms with Gasteiger partial charge in [0.2, 0.25) is 10.0 Å². The van der Waals surface area contributed by atoms with Crippen LogP contribution in [0.3, 0.4) is 0 Å². The molecule has 0 aromatic heterocycles. The van der Waals surface area contributed by atoms with E-state index in [4.69, 9.17) is 11.6 Å². The number of ketones is 1. The smallest absolute Gasteiger partial charge is 0.243 e. The van der Waals surface area contributed by atoms with Gasteiger partial charge in [0, 0.05) is 48.9 Å². The number of hydrogen-bond acceptors (Lipinski definition) is 4. The third kappa shape index (κ3) is 4.38. The van der Waals surface area contributed by atoms with Crippen molar-refractivity contribution in [3.8, 4) is 0 Å². The lowest BCUT2D eigenvalue weighted by Crippen LogP contribution is -2.48. The lowest BCUT2D eigenvalue weighted by Gasteiger charge is -2.34. The Balaban J connectivity index is 1.70. The second kappa shape index (κ2) is 8.06. The minimum absolute atomic E-state index is 0.112. The molecule has 0 bridgehead atoms. The van der Waals surface area contributed by atoms with Crippen molar-refractivity contribution in [1.29, 1.82) is 0 Å². The third-order valence-electron chi connectivity index (χ3n) is 4.65. The molecule has 1 aliphatic rings. The van der Waals surface area contributed by atoms with Gasteiger partial charge in [-0.25, -0.2) is 12.8 Å². The molecule has 0 saturated carbocycles. The predicted molar refractivity (Wildman–Crippen MR) is 102 cm³/mol. The van der Waals surface area contributed by atoms with Gasteiger partial charge in [-0.05, 0) is 31.2 Å². The van der Waals surface area contributed by atoms with Crippen LogP contribution in [0, 0.1) is 5.82 Å². The zero-order valence-electron chi connectivity index (χ0n) is 14.9. The van der Waals surface area contributed by atoms with Crippen LogP contribution >= 0.6 is 11.6 Å². The molecule has 1 aliphatic heterocycles. The Kier molecular flexibility index (Phi) is 5.95. The van der Waals surface area contributed by atoms with E-state index >= 15 is 0 Å². The Morgan fingerprint density at radius 3 is 2.41 bits per heavy atom. The molecule has 0 unspecified atom stereocenters. The van der Waals surface area contributed by atoms with Crippen molar-refractivity contribution in [1.82, 2.24) is 9.21 Å². The van der Waals surface area contributed by atoms with Gasteiger partial charge in [0.05, 0.1) is 4.90 Å². The van der Waals surface area contributed by atoms with E-state index in [1.54, 1.807) is 24.3 Å². The maximum Gasteiger partial charge on any atom is 0.243 e. The molecule has 2 aromatic carbocycles. The molecule has 0 spiro atoms. The molecule has 0 atom stereocenters. The van der Waals surface area contributed by atoms with Crippen molar-refractivity contribution in [3.05, 3.63) is 64.4 Å². The Morgan fingerprint density at radius 2 is 1.78 bits per heavy atom. The largest absolute Gasteiger partial charge is 0.296 e. The molecule has 0 radical (unpaired) electrons. The summed E-state index contributed by atoms with van der Waals surface area (Å²) in [6.07, 6.45) is 0. The first-order valence-corrected chi connectivity index (χ1v) is 10.4. The van der Waals surface area contributed by atoms with E-state index in [1.807, 2.05) is 4.90 Å². The Hall–Kier alpha value is -1.80. The summed E-state index contributed by atoms with van der Waals surface area (Å²) in [6, 6.07) is 10.6. The normalized spacial score (nSPS) is 16.4. The number of piperazine rings is 1. The van der Waals surface area contributed by atoms with Gasteiger partial charge in [-0.3, -0.25) is 9.69 Å². The van der Waals surface area contributed by atoms with Crippen LogP contribution in [0.2, 0.25) is 5.02 Å². The van der Waals surface area contributed by atoms with Crippen LogP contribution in [0.1, 0.15) is 22.8 Å². The molecule has 0 aliphatic carbocycles.